The molecule has 1 fully saturated rings. The Bertz CT molecular complexity index is 1090. The first-order valence-electron chi connectivity index (χ1n) is 12.3. The van der Waals surface area contributed by atoms with Crippen LogP contribution in [0.4, 0.5) is 8.78 Å². The Balaban J connectivity index is 0.00000180. The highest BCUT2D eigenvalue weighted by molar-refractivity contribution is 5.85. The van der Waals surface area contributed by atoms with E-state index in [-0.39, 0.29) is 42.5 Å². The average Bonchev–Trinajstić information content (AvgIpc) is 2.87. The topological polar surface area (TPSA) is 6.48 Å². The number of benzene rings is 3. The highest BCUT2D eigenvalue weighted by Crippen LogP contribution is 2.35. The van der Waals surface area contributed by atoms with Crippen molar-refractivity contribution >= 4 is 30.4 Å². The van der Waals surface area contributed by atoms with Crippen LogP contribution in [0.3, 0.4) is 0 Å². The number of allylic oxidation sites excluding steroid dienone is 1. The fourth-order valence-corrected chi connectivity index (χ4v) is 5.46. The minimum absolute atomic E-state index is 0. The minimum Gasteiger partial charge on any atom is -0.297 e. The monoisotopic (exact) mass is 530 g/mol. The maximum atomic E-state index is 13.6. The van der Waals surface area contributed by atoms with Gasteiger partial charge in [-0.1, -0.05) is 61.5 Å². The smallest absolute Gasteiger partial charge is 0.123 e. The van der Waals surface area contributed by atoms with Crippen molar-refractivity contribution in [3.05, 3.63) is 113 Å². The fourth-order valence-electron chi connectivity index (χ4n) is 5.46. The van der Waals surface area contributed by atoms with Crippen LogP contribution < -0.4 is 0 Å². The van der Waals surface area contributed by atoms with Crippen LogP contribution in [-0.2, 0) is 6.42 Å². The van der Waals surface area contributed by atoms with Crippen LogP contribution in [0.1, 0.15) is 41.6 Å². The molecule has 1 aliphatic heterocycles. The Morgan fingerprint density at radius 3 is 1.94 bits per heavy atom. The summed E-state index contributed by atoms with van der Waals surface area (Å²) in [5.41, 5.74) is 6.46. The van der Waals surface area contributed by atoms with Gasteiger partial charge < -0.3 is 0 Å². The Morgan fingerprint density at radius 1 is 0.806 bits per heavy atom. The van der Waals surface area contributed by atoms with Crippen LogP contribution in [-0.4, -0.2) is 42.5 Å². The van der Waals surface area contributed by atoms with Gasteiger partial charge >= 0.3 is 0 Å². The van der Waals surface area contributed by atoms with Crippen LogP contribution in [0.25, 0.3) is 5.57 Å². The Labute approximate surface area is 225 Å². The summed E-state index contributed by atoms with van der Waals surface area (Å²) in [5.74, 6) is 0.119. The Hall–Kier alpha value is -2.24. The number of nitrogens with zero attached hydrogens (tertiary/aromatic N) is 2. The summed E-state index contributed by atoms with van der Waals surface area (Å²) >= 11 is 0. The third kappa shape index (κ3) is 6.36. The van der Waals surface area contributed by atoms with Gasteiger partial charge in [-0.3, -0.25) is 9.80 Å². The molecule has 0 saturated carbocycles. The van der Waals surface area contributed by atoms with Gasteiger partial charge in [-0.05, 0) is 70.9 Å². The van der Waals surface area contributed by atoms with Gasteiger partial charge in [0.1, 0.15) is 11.6 Å². The lowest BCUT2D eigenvalue weighted by Gasteiger charge is -2.39. The lowest BCUT2D eigenvalue weighted by atomic mass is 9.80. The fraction of sp³-hybridized carbons (Fsp3) is 0.333. The van der Waals surface area contributed by atoms with Crippen molar-refractivity contribution < 1.29 is 8.78 Å². The van der Waals surface area contributed by atoms with Crippen molar-refractivity contribution in [2.45, 2.75) is 25.8 Å². The Kier molecular flexibility index (Phi) is 10.1. The van der Waals surface area contributed by atoms with E-state index in [1.807, 2.05) is 24.3 Å². The molecule has 0 spiro atoms. The van der Waals surface area contributed by atoms with Crippen molar-refractivity contribution in [2.24, 2.45) is 5.92 Å². The maximum Gasteiger partial charge on any atom is 0.123 e. The molecule has 6 heteroatoms. The number of hydrogen-bond acceptors (Lipinski definition) is 2. The third-order valence-electron chi connectivity index (χ3n) is 7.42. The third-order valence-corrected chi connectivity index (χ3v) is 7.42. The summed E-state index contributed by atoms with van der Waals surface area (Å²) in [6.07, 6.45) is 4.82. The van der Waals surface area contributed by atoms with Gasteiger partial charge in [-0.15, -0.1) is 24.8 Å². The predicted octanol–water partition coefficient (Wildman–Crippen LogP) is 7.18. The minimum atomic E-state index is -0.238. The highest BCUT2D eigenvalue weighted by atomic mass is 35.5. The van der Waals surface area contributed by atoms with Gasteiger partial charge in [-0.25, -0.2) is 8.78 Å². The first kappa shape index (κ1) is 28.3. The van der Waals surface area contributed by atoms with Crippen molar-refractivity contribution in [3.8, 4) is 0 Å². The number of rotatable bonds is 5. The first-order chi connectivity index (χ1) is 16.6. The normalized spacial score (nSPS) is 19.4. The van der Waals surface area contributed by atoms with Gasteiger partial charge in [0.2, 0.25) is 0 Å². The van der Waals surface area contributed by atoms with Crippen LogP contribution in [0.15, 0.2) is 78.9 Å². The quantitative estimate of drug-likeness (QED) is 0.344. The van der Waals surface area contributed by atoms with Crippen LogP contribution in [0, 0.1) is 17.6 Å². The molecular weight excluding hydrogens is 497 g/mol. The van der Waals surface area contributed by atoms with E-state index in [1.165, 1.54) is 53.8 Å². The molecule has 0 N–H and O–H groups in total. The van der Waals surface area contributed by atoms with E-state index >= 15 is 0 Å². The zero-order valence-corrected chi connectivity index (χ0v) is 22.2. The van der Waals surface area contributed by atoms with Gasteiger partial charge in [-0.2, -0.15) is 0 Å². The van der Waals surface area contributed by atoms with Crippen molar-refractivity contribution in [1.82, 2.24) is 9.80 Å². The standard InChI is InChI=1S/C30H32F2N2.2ClH/c1-22-6-7-23-4-2-3-5-29(23)28(22)16-17-33-18-20-34(21-19-33)30(24-8-12-26(31)13-9-24)25-10-14-27(32)15-11-25;;/h2-5,8-16,22,30H,6-7,17-21H2,1H3;2*1H. The molecule has 1 unspecified atom stereocenters. The molecule has 3 aromatic carbocycles. The van der Waals surface area contributed by atoms with Gasteiger partial charge in [0.25, 0.3) is 0 Å². The van der Waals surface area contributed by atoms with Crippen LogP contribution in [0.2, 0.25) is 0 Å². The number of hydrogen-bond donors (Lipinski definition) is 0. The molecular formula is C30H34Cl2F2N2. The maximum absolute atomic E-state index is 13.6. The van der Waals surface area contributed by atoms with Gasteiger partial charge in [0.15, 0.2) is 0 Å². The largest absolute Gasteiger partial charge is 0.297 e. The van der Waals surface area contributed by atoms with Crippen LogP contribution >= 0.6 is 24.8 Å². The average molecular weight is 532 g/mol. The number of aryl methyl sites for hydroxylation is 1. The molecule has 36 heavy (non-hydrogen) atoms. The van der Waals surface area contributed by atoms with Gasteiger partial charge in [0, 0.05) is 32.7 Å². The number of piperazine rings is 1. The van der Waals surface area contributed by atoms with E-state index in [9.17, 15) is 8.78 Å². The second kappa shape index (κ2) is 12.8. The van der Waals surface area contributed by atoms with Crippen molar-refractivity contribution in [3.63, 3.8) is 0 Å². The second-order valence-corrected chi connectivity index (χ2v) is 9.60. The molecule has 3 aromatic rings. The predicted molar refractivity (Wildman–Crippen MR) is 149 cm³/mol. The summed E-state index contributed by atoms with van der Waals surface area (Å²) in [5, 5.41) is 0. The Morgan fingerprint density at radius 2 is 1.36 bits per heavy atom. The van der Waals surface area contributed by atoms with E-state index in [0.29, 0.717) is 5.92 Å². The van der Waals surface area contributed by atoms with Crippen molar-refractivity contribution in [2.75, 3.05) is 32.7 Å². The zero-order valence-electron chi connectivity index (χ0n) is 20.6. The molecule has 0 aromatic heterocycles. The van der Waals surface area contributed by atoms with E-state index in [1.54, 1.807) is 0 Å². The summed E-state index contributed by atoms with van der Waals surface area (Å²) in [4.78, 5) is 4.95. The molecule has 1 heterocycles. The molecule has 2 nitrogen and oxygen atoms in total. The first-order valence-corrected chi connectivity index (χ1v) is 12.3. The number of halogens is 4. The molecule has 1 aliphatic carbocycles. The lowest BCUT2D eigenvalue weighted by molar-refractivity contribution is 0.117. The summed E-state index contributed by atoms with van der Waals surface area (Å²) in [7, 11) is 0. The van der Waals surface area contributed by atoms with E-state index in [0.717, 1.165) is 43.9 Å². The van der Waals surface area contributed by atoms with Gasteiger partial charge in [0.05, 0.1) is 6.04 Å². The number of fused-ring (bicyclic) bond motifs is 1. The summed E-state index contributed by atoms with van der Waals surface area (Å²) in [6, 6.07) is 22.3. The van der Waals surface area contributed by atoms with Crippen molar-refractivity contribution in [1.29, 1.82) is 0 Å². The van der Waals surface area contributed by atoms with E-state index in [2.05, 4.69) is 47.1 Å². The molecule has 5 rings (SSSR count). The highest BCUT2D eigenvalue weighted by Gasteiger charge is 2.27. The van der Waals surface area contributed by atoms with E-state index in [4.69, 9.17) is 0 Å². The van der Waals surface area contributed by atoms with E-state index < -0.39 is 0 Å². The molecule has 1 saturated heterocycles. The van der Waals surface area contributed by atoms with Crippen LogP contribution in [0.5, 0.6) is 0 Å². The molecule has 0 radical (unpaired) electrons. The molecule has 2 aliphatic rings. The molecule has 1 atom stereocenters. The summed E-state index contributed by atoms with van der Waals surface area (Å²) < 4.78 is 27.2. The lowest BCUT2D eigenvalue weighted by Crippen LogP contribution is -2.47. The molecule has 0 bridgehead atoms. The second-order valence-electron chi connectivity index (χ2n) is 9.60. The molecule has 0 amide bonds. The SMILES string of the molecule is CC1CCc2ccccc2C1=CCN1CCN(C(c2ccc(F)cc2)c2ccc(F)cc2)CC1.Cl.Cl. The zero-order chi connectivity index (χ0) is 23.5. The summed E-state index contributed by atoms with van der Waals surface area (Å²) in [6.45, 7) is 7.07. The molecule has 192 valence electrons.